The van der Waals surface area contributed by atoms with E-state index in [2.05, 4.69) is 0 Å². The zero-order chi connectivity index (χ0) is 18.2. The van der Waals surface area contributed by atoms with E-state index in [0.717, 1.165) is 11.3 Å². The monoisotopic (exact) mass is 402 g/mol. The van der Waals surface area contributed by atoms with Gasteiger partial charge in [0.05, 0.1) is 16.4 Å². The Labute approximate surface area is 154 Å². The van der Waals surface area contributed by atoms with Crippen LogP contribution < -0.4 is 14.6 Å². The molecule has 0 spiro atoms. The number of amides is 1. The Kier molecular flexibility index (Phi) is 4.92. The fourth-order valence-corrected chi connectivity index (χ4v) is 4.73. The van der Waals surface area contributed by atoms with Gasteiger partial charge in [-0.3, -0.25) is 4.79 Å². The van der Waals surface area contributed by atoms with Gasteiger partial charge in [-0.1, -0.05) is 23.7 Å². The summed E-state index contributed by atoms with van der Waals surface area (Å²) in [5, 5.41) is 5.15. The Morgan fingerprint density at radius 1 is 1.40 bits per heavy atom. The van der Waals surface area contributed by atoms with Crippen molar-refractivity contribution in [3.63, 3.8) is 0 Å². The van der Waals surface area contributed by atoms with Crippen molar-refractivity contribution in [2.45, 2.75) is 10.3 Å². The van der Waals surface area contributed by atoms with E-state index in [0.29, 0.717) is 11.5 Å². The topological polar surface area (TPSA) is 98.9 Å². The predicted octanol–water partition coefficient (Wildman–Crippen LogP) is 1.96. The van der Waals surface area contributed by atoms with Crippen LogP contribution in [0, 0.1) is 0 Å². The normalized spacial score (nSPS) is 16.5. The summed E-state index contributed by atoms with van der Waals surface area (Å²) in [7, 11) is -2.49. The third kappa shape index (κ3) is 3.90. The Bertz CT molecular complexity index is 912. The van der Waals surface area contributed by atoms with Crippen molar-refractivity contribution in [1.29, 1.82) is 0 Å². The van der Waals surface area contributed by atoms with Crippen LogP contribution in [-0.2, 0) is 10.0 Å². The fraction of sp³-hybridized carbons (Fsp3) is 0.267. The smallest absolute Gasteiger partial charge is 0.256 e. The van der Waals surface area contributed by atoms with Gasteiger partial charge in [0.2, 0.25) is 10.0 Å². The number of nitrogens with two attached hydrogens (primary N) is 1. The SMILES string of the molecule is CN(C[C@H]1COc2ccccc2O1)C(=O)c1cc(Cl)sc1S(N)(=O)=O. The van der Waals surface area contributed by atoms with Crippen LogP contribution in [0.25, 0.3) is 0 Å². The molecule has 0 unspecified atom stereocenters. The van der Waals surface area contributed by atoms with Crippen LogP contribution >= 0.6 is 22.9 Å². The fourth-order valence-electron chi connectivity index (χ4n) is 2.45. The molecule has 1 aliphatic rings. The number of thiophene rings is 1. The van der Waals surface area contributed by atoms with Gasteiger partial charge in [0.25, 0.3) is 5.91 Å². The van der Waals surface area contributed by atoms with Crippen molar-refractivity contribution in [3.05, 3.63) is 40.2 Å². The minimum absolute atomic E-state index is 0.0443. The molecule has 2 N–H and O–H groups in total. The minimum Gasteiger partial charge on any atom is -0.486 e. The quantitative estimate of drug-likeness (QED) is 0.842. The Morgan fingerprint density at radius 2 is 2.08 bits per heavy atom. The lowest BCUT2D eigenvalue weighted by molar-refractivity contribution is 0.0519. The molecular formula is C15H15ClN2O5S2. The second kappa shape index (κ2) is 6.83. The lowest BCUT2D eigenvalue weighted by Gasteiger charge is -2.29. The van der Waals surface area contributed by atoms with Gasteiger partial charge in [-0.2, -0.15) is 0 Å². The molecular weight excluding hydrogens is 388 g/mol. The van der Waals surface area contributed by atoms with Gasteiger partial charge in [0.1, 0.15) is 10.8 Å². The molecule has 3 rings (SSSR count). The number of benzene rings is 1. The molecule has 1 aliphatic heterocycles. The maximum Gasteiger partial charge on any atom is 0.256 e. The van der Waals surface area contributed by atoms with E-state index >= 15 is 0 Å². The Hall–Kier alpha value is -1.81. The van der Waals surface area contributed by atoms with Crippen LogP contribution in [-0.4, -0.2) is 45.5 Å². The highest BCUT2D eigenvalue weighted by molar-refractivity contribution is 7.91. The van der Waals surface area contributed by atoms with Crippen molar-refractivity contribution in [2.24, 2.45) is 5.14 Å². The van der Waals surface area contributed by atoms with Crippen molar-refractivity contribution >= 4 is 38.9 Å². The summed E-state index contributed by atoms with van der Waals surface area (Å²) in [6.07, 6.45) is -0.379. The molecule has 1 atom stereocenters. The maximum atomic E-state index is 12.6. The van der Waals surface area contributed by atoms with E-state index in [9.17, 15) is 13.2 Å². The summed E-state index contributed by atoms with van der Waals surface area (Å²) < 4.78 is 34.6. The van der Waals surface area contributed by atoms with Crippen LogP contribution in [0.3, 0.4) is 0 Å². The Balaban J connectivity index is 1.74. The number of sulfonamides is 1. The van der Waals surface area contributed by atoms with Gasteiger partial charge in [0.15, 0.2) is 17.6 Å². The van der Waals surface area contributed by atoms with Gasteiger partial charge in [-0.25, -0.2) is 13.6 Å². The van der Waals surface area contributed by atoms with E-state index in [1.165, 1.54) is 11.0 Å². The van der Waals surface area contributed by atoms with Crippen LogP contribution in [0.5, 0.6) is 11.5 Å². The third-order valence-electron chi connectivity index (χ3n) is 3.55. The number of nitrogens with zero attached hydrogens (tertiary/aromatic N) is 1. The number of para-hydroxylation sites is 2. The molecule has 2 aromatic rings. The molecule has 0 saturated heterocycles. The molecule has 0 radical (unpaired) electrons. The average Bonchev–Trinajstić information content (AvgIpc) is 2.96. The second-order valence-corrected chi connectivity index (χ2v) is 8.92. The summed E-state index contributed by atoms with van der Waals surface area (Å²) in [5.41, 5.74) is -0.0443. The number of rotatable bonds is 4. The van der Waals surface area contributed by atoms with Gasteiger partial charge >= 0.3 is 0 Å². The number of likely N-dealkylation sites (N-methyl/N-ethyl adjacent to an activating group) is 1. The summed E-state index contributed by atoms with van der Waals surface area (Å²) in [6, 6.07) is 8.55. The van der Waals surface area contributed by atoms with Gasteiger partial charge < -0.3 is 14.4 Å². The molecule has 1 amide bonds. The zero-order valence-corrected chi connectivity index (χ0v) is 15.5. The predicted molar refractivity (Wildman–Crippen MR) is 94.0 cm³/mol. The number of ether oxygens (including phenoxy) is 2. The number of carbonyl (C=O) groups is 1. The highest BCUT2D eigenvalue weighted by Crippen LogP contribution is 2.32. The maximum absolute atomic E-state index is 12.6. The van der Waals surface area contributed by atoms with E-state index in [1.807, 2.05) is 12.1 Å². The molecule has 1 aromatic heterocycles. The number of halogens is 1. The van der Waals surface area contributed by atoms with Crippen molar-refractivity contribution < 1.29 is 22.7 Å². The first kappa shape index (κ1) is 18.0. The molecule has 0 aliphatic carbocycles. The molecule has 0 saturated carbocycles. The minimum atomic E-state index is -4.03. The van der Waals surface area contributed by atoms with Crippen LogP contribution in [0.1, 0.15) is 10.4 Å². The number of hydrogen-bond donors (Lipinski definition) is 1. The van der Waals surface area contributed by atoms with E-state index < -0.39 is 15.9 Å². The van der Waals surface area contributed by atoms with E-state index in [1.54, 1.807) is 19.2 Å². The van der Waals surface area contributed by atoms with Gasteiger partial charge in [-0.15, -0.1) is 11.3 Å². The molecule has 134 valence electrons. The van der Waals surface area contributed by atoms with Crippen molar-refractivity contribution in [1.82, 2.24) is 4.90 Å². The highest BCUT2D eigenvalue weighted by Gasteiger charge is 2.28. The van der Waals surface area contributed by atoms with E-state index in [-0.39, 0.29) is 33.4 Å². The van der Waals surface area contributed by atoms with Crippen LogP contribution in [0.2, 0.25) is 4.34 Å². The highest BCUT2D eigenvalue weighted by atomic mass is 35.5. The Morgan fingerprint density at radius 3 is 2.76 bits per heavy atom. The van der Waals surface area contributed by atoms with Crippen molar-refractivity contribution in [2.75, 3.05) is 20.2 Å². The first-order valence-electron chi connectivity index (χ1n) is 7.22. The third-order valence-corrected chi connectivity index (χ3v) is 6.29. The van der Waals surface area contributed by atoms with Crippen LogP contribution in [0.15, 0.2) is 34.5 Å². The molecule has 7 nitrogen and oxygen atoms in total. The number of primary sulfonamides is 1. The molecule has 25 heavy (non-hydrogen) atoms. The van der Waals surface area contributed by atoms with Gasteiger partial charge in [-0.05, 0) is 18.2 Å². The van der Waals surface area contributed by atoms with Crippen molar-refractivity contribution in [3.8, 4) is 11.5 Å². The first-order valence-corrected chi connectivity index (χ1v) is 9.96. The zero-order valence-electron chi connectivity index (χ0n) is 13.1. The lowest BCUT2D eigenvalue weighted by atomic mass is 10.2. The summed E-state index contributed by atoms with van der Waals surface area (Å²) >= 11 is 6.60. The van der Waals surface area contributed by atoms with E-state index in [4.69, 9.17) is 26.2 Å². The average molecular weight is 403 g/mol. The second-order valence-electron chi connectivity index (χ2n) is 5.48. The van der Waals surface area contributed by atoms with Crippen LogP contribution in [0.4, 0.5) is 0 Å². The number of hydrogen-bond acceptors (Lipinski definition) is 6. The first-order chi connectivity index (χ1) is 11.8. The van der Waals surface area contributed by atoms with Gasteiger partial charge in [0, 0.05) is 7.05 Å². The standard InChI is InChI=1S/C15H15ClN2O5S2/c1-18(7-9-8-22-11-4-2-3-5-12(11)23-9)14(19)10-6-13(16)24-15(10)25(17,20)21/h2-6,9H,7-8H2,1H3,(H2,17,20,21)/t9-/m0/s1. The molecule has 0 fully saturated rings. The lowest BCUT2D eigenvalue weighted by Crippen LogP contribution is -2.42. The number of fused-ring (bicyclic) bond motifs is 1. The molecule has 0 bridgehead atoms. The summed E-state index contributed by atoms with van der Waals surface area (Å²) in [5.74, 6) is 0.742. The molecule has 10 heteroatoms. The largest absolute Gasteiger partial charge is 0.486 e. The summed E-state index contributed by atoms with van der Waals surface area (Å²) in [4.78, 5) is 14.0. The molecule has 1 aromatic carbocycles. The molecule has 2 heterocycles. The summed E-state index contributed by atoms with van der Waals surface area (Å²) in [6.45, 7) is 0.492. The number of carbonyl (C=O) groups excluding carboxylic acids is 1.